The van der Waals surface area contributed by atoms with Crippen LogP contribution in [0.15, 0.2) is 33.5 Å². The number of amides is 1. The Morgan fingerprint density at radius 3 is 2.68 bits per heavy atom. The Morgan fingerprint density at radius 2 is 1.95 bits per heavy atom. The van der Waals surface area contributed by atoms with Crippen LogP contribution < -0.4 is 16.3 Å². The molecule has 0 spiro atoms. The van der Waals surface area contributed by atoms with Crippen LogP contribution in [0.2, 0.25) is 0 Å². The van der Waals surface area contributed by atoms with Crippen LogP contribution in [-0.2, 0) is 4.79 Å². The smallest absolute Gasteiger partial charge is 0.362 e. The molecule has 1 saturated carbocycles. The van der Waals surface area contributed by atoms with Gasteiger partial charge in [-0.2, -0.15) is 0 Å². The first kappa shape index (κ1) is 14.6. The summed E-state index contributed by atoms with van der Waals surface area (Å²) >= 11 is 0. The number of nitrogens with one attached hydrogen (secondary N) is 2. The Balaban J connectivity index is 2.11. The van der Waals surface area contributed by atoms with Gasteiger partial charge in [-0.15, -0.1) is 0 Å². The summed E-state index contributed by atoms with van der Waals surface area (Å²) in [7, 11) is 0. The first-order chi connectivity index (χ1) is 10.7. The van der Waals surface area contributed by atoms with Crippen molar-refractivity contribution in [2.45, 2.75) is 45.1 Å². The number of rotatable bonds is 4. The summed E-state index contributed by atoms with van der Waals surface area (Å²) in [6.45, 7) is 1.75. The number of hydrogen-bond donors (Lipinski definition) is 2. The number of anilines is 2. The fraction of sp³-hybridized carbons (Fsp3) is 0.412. The molecule has 1 heterocycles. The van der Waals surface area contributed by atoms with Crippen LogP contribution >= 0.6 is 0 Å². The predicted octanol–water partition coefficient (Wildman–Crippen LogP) is 3.50. The van der Waals surface area contributed by atoms with Crippen molar-refractivity contribution in [1.82, 2.24) is 0 Å². The SMILES string of the molecule is CCC(=O)Nc1c(NC2CCCC2)c2ccccc2oc1=O. The van der Waals surface area contributed by atoms with Gasteiger partial charge < -0.3 is 15.1 Å². The fourth-order valence-electron chi connectivity index (χ4n) is 2.92. The van der Waals surface area contributed by atoms with Crippen LogP contribution in [0.5, 0.6) is 0 Å². The summed E-state index contributed by atoms with van der Waals surface area (Å²) in [5, 5.41) is 6.95. The van der Waals surface area contributed by atoms with E-state index in [2.05, 4.69) is 10.6 Å². The van der Waals surface area contributed by atoms with Gasteiger partial charge in [0.15, 0.2) is 5.69 Å². The molecule has 1 aromatic heterocycles. The lowest BCUT2D eigenvalue weighted by Gasteiger charge is -2.18. The third-order valence-electron chi connectivity index (χ3n) is 4.10. The molecule has 5 nitrogen and oxygen atoms in total. The number of carbonyl (C=O) groups is 1. The molecule has 0 aliphatic heterocycles. The minimum atomic E-state index is -0.513. The van der Waals surface area contributed by atoms with Crippen LogP contribution in [0.25, 0.3) is 11.0 Å². The van der Waals surface area contributed by atoms with E-state index < -0.39 is 5.63 Å². The van der Waals surface area contributed by atoms with Gasteiger partial charge in [0, 0.05) is 17.8 Å². The number of hydrogen-bond acceptors (Lipinski definition) is 4. The quantitative estimate of drug-likeness (QED) is 0.848. The maximum Gasteiger partial charge on any atom is 0.362 e. The van der Waals surface area contributed by atoms with Gasteiger partial charge in [0.05, 0.1) is 5.69 Å². The summed E-state index contributed by atoms with van der Waals surface area (Å²) < 4.78 is 5.33. The molecule has 5 heteroatoms. The van der Waals surface area contributed by atoms with Crippen molar-refractivity contribution < 1.29 is 9.21 Å². The molecule has 1 fully saturated rings. The Hall–Kier alpha value is -2.30. The van der Waals surface area contributed by atoms with Crippen molar-refractivity contribution in [3.63, 3.8) is 0 Å². The van der Waals surface area contributed by atoms with Gasteiger partial charge in [0.25, 0.3) is 0 Å². The van der Waals surface area contributed by atoms with E-state index in [1.54, 1.807) is 13.0 Å². The molecule has 1 aliphatic carbocycles. The third kappa shape index (κ3) is 2.84. The van der Waals surface area contributed by atoms with Gasteiger partial charge >= 0.3 is 5.63 Å². The molecule has 2 aromatic rings. The van der Waals surface area contributed by atoms with E-state index in [1.807, 2.05) is 18.2 Å². The van der Waals surface area contributed by atoms with Gasteiger partial charge in [-0.1, -0.05) is 31.9 Å². The first-order valence-electron chi connectivity index (χ1n) is 7.81. The minimum Gasteiger partial charge on any atom is -0.421 e. The lowest BCUT2D eigenvalue weighted by atomic mass is 10.1. The monoisotopic (exact) mass is 300 g/mol. The molecule has 22 heavy (non-hydrogen) atoms. The Kier molecular flexibility index (Phi) is 4.13. The van der Waals surface area contributed by atoms with Crippen molar-refractivity contribution in [2.75, 3.05) is 10.6 Å². The molecule has 0 saturated heterocycles. The zero-order valence-electron chi connectivity index (χ0n) is 12.6. The largest absolute Gasteiger partial charge is 0.421 e. The van der Waals surface area contributed by atoms with Crippen molar-refractivity contribution in [3.05, 3.63) is 34.7 Å². The lowest BCUT2D eigenvalue weighted by molar-refractivity contribution is -0.115. The average molecular weight is 300 g/mol. The Labute approximate surface area is 128 Å². The molecule has 0 atom stereocenters. The average Bonchev–Trinajstić information content (AvgIpc) is 3.03. The van der Waals surface area contributed by atoms with Crippen LogP contribution in [0.3, 0.4) is 0 Å². The van der Waals surface area contributed by atoms with Gasteiger partial charge in [0.2, 0.25) is 5.91 Å². The van der Waals surface area contributed by atoms with E-state index in [4.69, 9.17) is 4.42 Å². The molecule has 1 aromatic carbocycles. The van der Waals surface area contributed by atoms with Crippen molar-refractivity contribution >= 4 is 28.3 Å². The zero-order chi connectivity index (χ0) is 15.5. The molecule has 0 unspecified atom stereocenters. The molecular formula is C17H20N2O3. The number of benzene rings is 1. The topological polar surface area (TPSA) is 71.3 Å². The maximum absolute atomic E-state index is 12.3. The normalized spacial score (nSPS) is 15.1. The summed E-state index contributed by atoms with van der Waals surface area (Å²) in [6.07, 6.45) is 4.85. The summed E-state index contributed by atoms with van der Waals surface area (Å²) in [5.41, 5.74) is 0.918. The molecule has 116 valence electrons. The maximum atomic E-state index is 12.3. The summed E-state index contributed by atoms with van der Waals surface area (Å²) in [6, 6.07) is 7.73. The van der Waals surface area contributed by atoms with E-state index in [9.17, 15) is 9.59 Å². The highest BCUT2D eigenvalue weighted by Gasteiger charge is 2.21. The van der Waals surface area contributed by atoms with Gasteiger partial charge in [-0.3, -0.25) is 4.79 Å². The van der Waals surface area contributed by atoms with Crippen molar-refractivity contribution in [1.29, 1.82) is 0 Å². The zero-order valence-corrected chi connectivity index (χ0v) is 12.6. The van der Waals surface area contributed by atoms with Gasteiger partial charge in [-0.25, -0.2) is 4.79 Å². The fourth-order valence-corrected chi connectivity index (χ4v) is 2.92. The molecule has 1 amide bonds. The van der Waals surface area contributed by atoms with E-state index in [1.165, 1.54) is 12.8 Å². The number of fused-ring (bicyclic) bond motifs is 1. The van der Waals surface area contributed by atoms with Crippen LogP contribution in [0.4, 0.5) is 11.4 Å². The number of para-hydroxylation sites is 1. The highest BCUT2D eigenvalue weighted by atomic mass is 16.4. The van der Waals surface area contributed by atoms with Gasteiger partial charge in [0.1, 0.15) is 5.58 Å². The molecule has 0 bridgehead atoms. The first-order valence-corrected chi connectivity index (χ1v) is 7.81. The molecule has 2 N–H and O–H groups in total. The van der Waals surface area contributed by atoms with E-state index in [-0.39, 0.29) is 11.6 Å². The van der Waals surface area contributed by atoms with E-state index >= 15 is 0 Å². The van der Waals surface area contributed by atoms with E-state index in [0.29, 0.717) is 23.7 Å². The van der Waals surface area contributed by atoms with Crippen LogP contribution in [0.1, 0.15) is 39.0 Å². The Bertz CT molecular complexity index is 745. The molecule has 0 radical (unpaired) electrons. The lowest BCUT2D eigenvalue weighted by Crippen LogP contribution is -2.22. The van der Waals surface area contributed by atoms with E-state index in [0.717, 1.165) is 18.2 Å². The highest BCUT2D eigenvalue weighted by Crippen LogP contribution is 2.32. The summed E-state index contributed by atoms with van der Waals surface area (Å²) in [4.78, 5) is 24.0. The van der Waals surface area contributed by atoms with Crippen LogP contribution in [0, 0.1) is 0 Å². The molecule has 3 rings (SSSR count). The standard InChI is InChI=1S/C17H20N2O3/c1-2-14(20)19-16-15(18-11-7-3-4-8-11)12-9-5-6-10-13(12)22-17(16)21/h5-6,9-11,18H,2-4,7-8H2,1H3,(H,19,20). The minimum absolute atomic E-state index is 0.197. The van der Waals surface area contributed by atoms with Crippen LogP contribution in [-0.4, -0.2) is 11.9 Å². The second-order valence-electron chi connectivity index (χ2n) is 5.66. The second kappa shape index (κ2) is 6.22. The summed E-state index contributed by atoms with van der Waals surface area (Å²) in [5.74, 6) is -0.197. The molecule has 1 aliphatic rings. The number of carbonyl (C=O) groups excluding carboxylic acids is 1. The molecular weight excluding hydrogens is 280 g/mol. The Morgan fingerprint density at radius 1 is 1.23 bits per heavy atom. The third-order valence-corrected chi connectivity index (χ3v) is 4.10. The highest BCUT2D eigenvalue weighted by molar-refractivity contribution is 6.02. The predicted molar refractivity (Wildman–Crippen MR) is 87.3 cm³/mol. The second-order valence-corrected chi connectivity index (χ2v) is 5.66. The van der Waals surface area contributed by atoms with Crippen molar-refractivity contribution in [2.24, 2.45) is 0 Å². The van der Waals surface area contributed by atoms with Gasteiger partial charge in [-0.05, 0) is 25.0 Å². The van der Waals surface area contributed by atoms with Crippen molar-refractivity contribution in [3.8, 4) is 0 Å².